The molecule has 0 atom stereocenters. The number of carbonyl (C=O) groups excluding carboxylic acids is 1. The van der Waals surface area contributed by atoms with E-state index >= 15 is 0 Å². The van der Waals surface area contributed by atoms with Crippen molar-refractivity contribution < 1.29 is 14.6 Å². The van der Waals surface area contributed by atoms with Crippen LogP contribution in [0.4, 0.5) is 0 Å². The largest absolute Gasteiger partial charge is 0.508 e. The Kier molecular flexibility index (Phi) is 4.64. The van der Waals surface area contributed by atoms with Crippen LogP contribution in [0.5, 0.6) is 5.75 Å². The molecule has 3 nitrogen and oxygen atoms in total. The third-order valence-corrected chi connectivity index (χ3v) is 3.35. The summed E-state index contributed by atoms with van der Waals surface area (Å²) in [5.41, 5.74) is 2.29. The quantitative estimate of drug-likeness (QED) is 0.875. The number of benzene rings is 2. The summed E-state index contributed by atoms with van der Waals surface area (Å²) in [7, 11) is 1.34. The number of phenolic OH excluding ortho intramolecular Hbond substituents is 1. The van der Waals surface area contributed by atoms with Crippen LogP contribution in [0.15, 0.2) is 42.5 Å². The number of aromatic hydroxyl groups is 1. The normalized spacial score (nSPS) is 10.3. The zero-order valence-electron chi connectivity index (χ0n) is 11.1. The maximum atomic E-state index is 11.5. The predicted octanol–water partition coefficient (Wildman–Crippen LogP) is 3.62. The molecule has 0 bridgehead atoms. The lowest BCUT2D eigenvalue weighted by atomic mass is 10.0. The molecule has 2 aromatic rings. The van der Waals surface area contributed by atoms with Gasteiger partial charge in [0.15, 0.2) is 0 Å². The van der Waals surface area contributed by atoms with Crippen LogP contribution in [-0.4, -0.2) is 18.2 Å². The van der Waals surface area contributed by atoms with Gasteiger partial charge in [-0.05, 0) is 54.3 Å². The fourth-order valence-corrected chi connectivity index (χ4v) is 2.09. The van der Waals surface area contributed by atoms with Crippen molar-refractivity contribution in [1.29, 1.82) is 0 Å². The molecule has 0 heterocycles. The maximum absolute atomic E-state index is 11.5. The molecular weight excluding hydrogens is 276 g/mol. The van der Waals surface area contributed by atoms with E-state index in [0.717, 1.165) is 17.5 Å². The van der Waals surface area contributed by atoms with E-state index < -0.39 is 5.97 Å². The summed E-state index contributed by atoms with van der Waals surface area (Å²) >= 11 is 5.83. The maximum Gasteiger partial charge on any atom is 0.337 e. The lowest BCUT2D eigenvalue weighted by Gasteiger charge is -2.07. The Morgan fingerprint density at radius 3 is 2.50 bits per heavy atom. The Labute approximate surface area is 122 Å². The average molecular weight is 291 g/mol. The number of phenols is 1. The zero-order valence-corrected chi connectivity index (χ0v) is 11.9. The highest BCUT2D eigenvalue weighted by atomic mass is 35.5. The van der Waals surface area contributed by atoms with Gasteiger partial charge < -0.3 is 9.84 Å². The first-order chi connectivity index (χ1) is 9.60. The van der Waals surface area contributed by atoms with Gasteiger partial charge in [-0.3, -0.25) is 0 Å². The van der Waals surface area contributed by atoms with Gasteiger partial charge in [0, 0.05) is 5.02 Å². The Balaban J connectivity index is 2.12. The molecule has 0 aromatic heterocycles. The molecule has 4 heteroatoms. The minimum Gasteiger partial charge on any atom is -0.508 e. The summed E-state index contributed by atoms with van der Waals surface area (Å²) in [5.74, 6) is -0.218. The molecule has 2 rings (SSSR count). The van der Waals surface area contributed by atoms with Gasteiger partial charge in [-0.1, -0.05) is 23.7 Å². The molecule has 1 N–H and O–H groups in total. The van der Waals surface area contributed by atoms with Gasteiger partial charge in [0.25, 0.3) is 0 Å². The van der Waals surface area contributed by atoms with Crippen LogP contribution < -0.4 is 0 Å². The third kappa shape index (κ3) is 3.52. The molecule has 0 unspecified atom stereocenters. The van der Waals surface area contributed by atoms with Crippen LogP contribution in [0.3, 0.4) is 0 Å². The van der Waals surface area contributed by atoms with Gasteiger partial charge in [0.2, 0.25) is 0 Å². The molecule has 0 aliphatic rings. The first-order valence-electron chi connectivity index (χ1n) is 6.25. The molecule has 2 aromatic carbocycles. The molecule has 0 aliphatic heterocycles. The van der Waals surface area contributed by atoms with Gasteiger partial charge in [-0.25, -0.2) is 4.79 Å². The van der Waals surface area contributed by atoms with Gasteiger partial charge in [-0.2, -0.15) is 0 Å². The Hall–Kier alpha value is -2.00. The van der Waals surface area contributed by atoms with Gasteiger partial charge in [0.05, 0.1) is 12.7 Å². The zero-order chi connectivity index (χ0) is 14.5. The fourth-order valence-electron chi connectivity index (χ4n) is 1.96. The molecule has 0 fully saturated rings. The summed E-state index contributed by atoms with van der Waals surface area (Å²) in [6, 6.07) is 12.3. The van der Waals surface area contributed by atoms with Gasteiger partial charge in [-0.15, -0.1) is 0 Å². The smallest absolute Gasteiger partial charge is 0.337 e. The monoisotopic (exact) mass is 290 g/mol. The number of rotatable bonds is 4. The Morgan fingerprint density at radius 2 is 1.85 bits per heavy atom. The molecule has 0 saturated carbocycles. The van der Waals surface area contributed by atoms with Crippen LogP contribution in [-0.2, 0) is 17.6 Å². The van der Waals surface area contributed by atoms with Crippen molar-refractivity contribution in [2.24, 2.45) is 0 Å². The SMILES string of the molecule is COC(=O)c1ccc(O)c(CCc2ccc(Cl)cc2)c1. The first-order valence-corrected chi connectivity index (χ1v) is 6.62. The lowest BCUT2D eigenvalue weighted by molar-refractivity contribution is 0.0600. The third-order valence-electron chi connectivity index (χ3n) is 3.10. The number of hydrogen-bond acceptors (Lipinski definition) is 3. The number of ether oxygens (including phenoxy) is 1. The number of hydrogen-bond donors (Lipinski definition) is 1. The molecule has 0 aliphatic carbocycles. The summed E-state index contributed by atoms with van der Waals surface area (Å²) in [6.07, 6.45) is 1.40. The van der Waals surface area contributed by atoms with Gasteiger partial charge in [0.1, 0.15) is 5.75 Å². The van der Waals surface area contributed by atoms with E-state index in [2.05, 4.69) is 4.74 Å². The minimum absolute atomic E-state index is 0.187. The first kappa shape index (κ1) is 14.4. The fraction of sp³-hybridized carbons (Fsp3) is 0.188. The number of aryl methyl sites for hydroxylation is 2. The summed E-state index contributed by atoms with van der Waals surface area (Å²) in [5, 5.41) is 10.5. The second kappa shape index (κ2) is 6.44. The topological polar surface area (TPSA) is 46.5 Å². The number of carbonyl (C=O) groups is 1. The van der Waals surface area contributed by atoms with Gasteiger partial charge >= 0.3 is 5.97 Å². The second-order valence-corrected chi connectivity index (χ2v) is 4.90. The van der Waals surface area contributed by atoms with Crippen LogP contribution >= 0.6 is 11.6 Å². The molecule has 20 heavy (non-hydrogen) atoms. The summed E-state index contributed by atoms with van der Waals surface area (Å²) in [6.45, 7) is 0. The van der Waals surface area contributed by atoms with Crippen LogP contribution in [0.1, 0.15) is 21.5 Å². The van der Waals surface area contributed by atoms with Crippen molar-refractivity contribution in [2.45, 2.75) is 12.8 Å². The highest BCUT2D eigenvalue weighted by molar-refractivity contribution is 6.30. The van der Waals surface area contributed by atoms with Crippen molar-refractivity contribution in [3.8, 4) is 5.75 Å². The molecular formula is C16H15ClO3. The second-order valence-electron chi connectivity index (χ2n) is 4.46. The van der Waals surface area contributed by atoms with E-state index in [1.165, 1.54) is 13.2 Å². The highest BCUT2D eigenvalue weighted by Gasteiger charge is 2.09. The minimum atomic E-state index is -0.405. The van der Waals surface area contributed by atoms with E-state index in [1.807, 2.05) is 24.3 Å². The summed E-state index contributed by atoms with van der Waals surface area (Å²) < 4.78 is 4.67. The van der Waals surface area contributed by atoms with Crippen molar-refractivity contribution in [1.82, 2.24) is 0 Å². The molecule has 0 amide bonds. The van der Waals surface area contributed by atoms with Crippen LogP contribution in [0, 0.1) is 0 Å². The van der Waals surface area contributed by atoms with Crippen LogP contribution in [0.2, 0.25) is 5.02 Å². The lowest BCUT2D eigenvalue weighted by Crippen LogP contribution is -2.02. The number of methoxy groups -OCH3 is 1. The van der Waals surface area contributed by atoms with Crippen molar-refractivity contribution in [3.63, 3.8) is 0 Å². The Morgan fingerprint density at radius 1 is 1.15 bits per heavy atom. The Bertz CT molecular complexity index is 606. The highest BCUT2D eigenvalue weighted by Crippen LogP contribution is 2.21. The molecule has 104 valence electrons. The van der Waals surface area contributed by atoms with E-state index in [4.69, 9.17) is 11.6 Å². The van der Waals surface area contributed by atoms with E-state index in [-0.39, 0.29) is 5.75 Å². The number of halogens is 1. The average Bonchev–Trinajstić information content (AvgIpc) is 2.47. The standard InChI is InChI=1S/C16H15ClO3/c1-20-16(19)13-6-9-15(18)12(10-13)5-2-11-3-7-14(17)8-4-11/h3-4,6-10,18H,2,5H2,1H3. The number of esters is 1. The van der Waals surface area contributed by atoms with Crippen molar-refractivity contribution >= 4 is 17.6 Å². The van der Waals surface area contributed by atoms with E-state index in [9.17, 15) is 9.90 Å². The molecule has 0 spiro atoms. The molecule has 0 radical (unpaired) electrons. The van der Waals surface area contributed by atoms with Crippen LogP contribution in [0.25, 0.3) is 0 Å². The summed E-state index contributed by atoms with van der Waals surface area (Å²) in [4.78, 5) is 11.5. The van der Waals surface area contributed by atoms with E-state index in [1.54, 1.807) is 12.1 Å². The predicted molar refractivity (Wildman–Crippen MR) is 78.3 cm³/mol. The van der Waals surface area contributed by atoms with Crippen molar-refractivity contribution in [2.75, 3.05) is 7.11 Å². The molecule has 0 saturated heterocycles. The van der Waals surface area contributed by atoms with E-state index in [0.29, 0.717) is 17.0 Å². The van der Waals surface area contributed by atoms with Crippen molar-refractivity contribution in [3.05, 3.63) is 64.2 Å².